The average Bonchev–Trinajstić information content (AvgIpc) is 2.72. The number of aromatic nitrogens is 2. The summed E-state index contributed by atoms with van der Waals surface area (Å²) in [6.45, 7) is 1.98. The molecule has 2 atom stereocenters. The van der Waals surface area contributed by atoms with Crippen molar-refractivity contribution in [3.05, 3.63) is 17.5 Å². The number of primary amides is 1. The van der Waals surface area contributed by atoms with Gasteiger partial charge >= 0.3 is 6.09 Å². The Morgan fingerprint density at radius 3 is 2.94 bits per heavy atom. The van der Waals surface area contributed by atoms with Gasteiger partial charge in [0.1, 0.15) is 6.10 Å². The molecule has 1 aliphatic rings. The summed E-state index contributed by atoms with van der Waals surface area (Å²) in [6.07, 6.45) is 1.98. The molecule has 0 aromatic carbocycles. The molecule has 90 valence electrons. The Kier molecular flexibility index (Phi) is 3.93. The van der Waals surface area contributed by atoms with Crippen LogP contribution < -0.4 is 5.73 Å². The minimum absolute atomic E-state index is 0. The lowest BCUT2D eigenvalue weighted by molar-refractivity contribution is 0.109. The number of hydrogen-bond acceptors (Lipinski definition) is 3. The number of nitrogens with two attached hydrogens (primary N) is 1. The second kappa shape index (κ2) is 5.01. The molecule has 1 aromatic rings. The molecule has 16 heavy (non-hydrogen) atoms. The number of nitrogens with zero attached hydrogens (tertiary/aromatic N) is 1. The van der Waals surface area contributed by atoms with Crippen molar-refractivity contribution in [1.29, 1.82) is 0 Å². The van der Waals surface area contributed by atoms with Crippen LogP contribution in [0, 0.1) is 6.92 Å². The average molecular weight is 225 g/mol. The van der Waals surface area contributed by atoms with Crippen LogP contribution in [0.4, 0.5) is 4.79 Å². The van der Waals surface area contributed by atoms with Gasteiger partial charge in [0, 0.05) is 11.6 Å². The SMILES string of the molecule is C.Cc1cc(C2CCC(OC(N)=O)C2)n[nH]1. The van der Waals surface area contributed by atoms with Gasteiger partial charge in [0.2, 0.25) is 0 Å². The van der Waals surface area contributed by atoms with E-state index in [0.29, 0.717) is 5.92 Å². The van der Waals surface area contributed by atoms with Gasteiger partial charge in [-0.3, -0.25) is 5.10 Å². The first kappa shape index (κ1) is 12.5. The fourth-order valence-corrected chi connectivity index (χ4v) is 2.13. The third kappa shape index (κ3) is 2.74. The Hall–Kier alpha value is -1.52. The van der Waals surface area contributed by atoms with Crippen LogP contribution in [0.1, 0.15) is 44.0 Å². The Labute approximate surface area is 95.4 Å². The zero-order chi connectivity index (χ0) is 10.8. The minimum atomic E-state index is -0.682. The maximum absolute atomic E-state index is 10.6. The summed E-state index contributed by atoms with van der Waals surface area (Å²) in [5.41, 5.74) is 7.10. The molecule has 2 unspecified atom stereocenters. The number of nitrogens with one attached hydrogen (secondary N) is 1. The Balaban J connectivity index is 0.00000128. The predicted octanol–water partition coefficient (Wildman–Crippen LogP) is 2.09. The van der Waals surface area contributed by atoms with E-state index in [4.69, 9.17) is 10.5 Å². The van der Waals surface area contributed by atoms with Gasteiger partial charge in [-0.05, 0) is 32.3 Å². The Bertz CT molecular complexity index is 362. The van der Waals surface area contributed by atoms with E-state index in [1.54, 1.807) is 0 Å². The van der Waals surface area contributed by atoms with Gasteiger partial charge in [0.15, 0.2) is 0 Å². The monoisotopic (exact) mass is 225 g/mol. The Morgan fingerprint density at radius 1 is 1.62 bits per heavy atom. The summed E-state index contributed by atoms with van der Waals surface area (Å²) in [6, 6.07) is 2.04. The summed E-state index contributed by atoms with van der Waals surface area (Å²) in [4.78, 5) is 10.6. The number of carbonyl (C=O) groups excluding carboxylic acids is 1. The molecule has 1 heterocycles. The number of H-pyrrole nitrogens is 1. The normalized spacial score (nSPS) is 23.8. The zero-order valence-corrected chi connectivity index (χ0v) is 8.69. The van der Waals surface area contributed by atoms with Crippen LogP contribution >= 0.6 is 0 Å². The number of aryl methyl sites for hydroxylation is 1. The largest absolute Gasteiger partial charge is 0.446 e. The van der Waals surface area contributed by atoms with E-state index in [2.05, 4.69) is 10.2 Å². The van der Waals surface area contributed by atoms with Gasteiger partial charge in [-0.2, -0.15) is 5.10 Å². The highest BCUT2D eigenvalue weighted by Gasteiger charge is 2.29. The highest BCUT2D eigenvalue weighted by molar-refractivity contribution is 5.64. The van der Waals surface area contributed by atoms with Gasteiger partial charge < -0.3 is 10.5 Å². The third-order valence-electron chi connectivity index (χ3n) is 2.81. The van der Waals surface area contributed by atoms with Crippen LogP contribution in [0.2, 0.25) is 0 Å². The molecule has 1 fully saturated rings. The fourth-order valence-electron chi connectivity index (χ4n) is 2.13. The van der Waals surface area contributed by atoms with Crippen molar-refractivity contribution in [3.63, 3.8) is 0 Å². The number of ether oxygens (including phenoxy) is 1. The van der Waals surface area contributed by atoms with Crippen LogP contribution in [0.3, 0.4) is 0 Å². The van der Waals surface area contributed by atoms with Crippen molar-refractivity contribution >= 4 is 6.09 Å². The van der Waals surface area contributed by atoms with Gasteiger partial charge in [0.05, 0.1) is 5.69 Å². The molecule has 3 N–H and O–H groups in total. The first-order valence-electron chi connectivity index (χ1n) is 5.13. The van der Waals surface area contributed by atoms with E-state index in [-0.39, 0.29) is 13.5 Å². The first-order chi connectivity index (χ1) is 7.15. The number of aromatic amines is 1. The standard InChI is InChI=1S/C10H15N3O2.CH4/c1-6-4-9(13-12-6)7-2-3-8(5-7)15-10(11)14;/h4,7-8H,2-3,5H2,1H3,(H2,11,14)(H,12,13);1H4. The van der Waals surface area contributed by atoms with Crippen LogP contribution in [0.25, 0.3) is 0 Å². The second-order valence-corrected chi connectivity index (χ2v) is 4.04. The fraction of sp³-hybridized carbons (Fsp3) is 0.636. The lowest BCUT2D eigenvalue weighted by Crippen LogP contribution is -2.20. The molecule has 1 amide bonds. The summed E-state index contributed by atoms with van der Waals surface area (Å²) in [5.74, 6) is 0.388. The highest BCUT2D eigenvalue weighted by atomic mass is 16.6. The van der Waals surface area contributed by atoms with Crippen molar-refractivity contribution in [1.82, 2.24) is 10.2 Å². The van der Waals surface area contributed by atoms with E-state index in [0.717, 1.165) is 30.7 Å². The number of hydrogen-bond donors (Lipinski definition) is 2. The lowest BCUT2D eigenvalue weighted by atomic mass is 10.0. The van der Waals surface area contributed by atoms with Crippen molar-refractivity contribution < 1.29 is 9.53 Å². The van der Waals surface area contributed by atoms with Crippen molar-refractivity contribution in [3.8, 4) is 0 Å². The molecule has 1 saturated carbocycles. The maximum atomic E-state index is 10.6. The van der Waals surface area contributed by atoms with Crippen molar-refractivity contribution in [2.75, 3.05) is 0 Å². The van der Waals surface area contributed by atoms with E-state index < -0.39 is 6.09 Å². The summed E-state index contributed by atoms with van der Waals surface area (Å²) in [5, 5.41) is 7.13. The van der Waals surface area contributed by atoms with Crippen LogP contribution in [0.15, 0.2) is 6.07 Å². The molecule has 0 aliphatic heterocycles. The van der Waals surface area contributed by atoms with E-state index in [1.165, 1.54) is 0 Å². The molecule has 5 heteroatoms. The molecular formula is C11H19N3O2. The Morgan fingerprint density at radius 2 is 2.38 bits per heavy atom. The van der Waals surface area contributed by atoms with Crippen LogP contribution in [-0.2, 0) is 4.74 Å². The van der Waals surface area contributed by atoms with Crippen LogP contribution in [0.5, 0.6) is 0 Å². The highest BCUT2D eigenvalue weighted by Crippen LogP contribution is 2.35. The molecular weight excluding hydrogens is 206 g/mol. The molecule has 0 saturated heterocycles. The summed E-state index contributed by atoms with van der Waals surface area (Å²) < 4.78 is 4.97. The quantitative estimate of drug-likeness (QED) is 0.808. The molecule has 0 bridgehead atoms. The predicted molar refractivity (Wildman–Crippen MR) is 61.1 cm³/mol. The smallest absolute Gasteiger partial charge is 0.404 e. The molecule has 1 aliphatic carbocycles. The third-order valence-corrected chi connectivity index (χ3v) is 2.81. The topological polar surface area (TPSA) is 81.0 Å². The summed E-state index contributed by atoms with van der Waals surface area (Å²) in [7, 11) is 0. The van der Waals surface area contributed by atoms with Gasteiger partial charge in [-0.15, -0.1) is 0 Å². The van der Waals surface area contributed by atoms with Crippen molar-refractivity contribution in [2.24, 2.45) is 5.73 Å². The number of carbonyl (C=O) groups is 1. The maximum Gasteiger partial charge on any atom is 0.404 e. The van der Waals surface area contributed by atoms with E-state index in [9.17, 15) is 4.79 Å². The zero-order valence-electron chi connectivity index (χ0n) is 8.69. The number of rotatable bonds is 2. The lowest BCUT2D eigenvalue weighted by Gasteiger charge is -2.09. The van der Waals surface area contributed by atoms with E-state index in [1.807, 2.05) is 13.0 Å². The van der Waals surface area contributed by atoms with Crippen molar-refractivity contribution in [2.45, 2.75) is 45.6 Å². The molecule has 0 radical (unpaired) electrons. The van der Waals surface area contributed by atoms with E-state index >= 15 is 0 Å². The first-order valence-corrected chi connectivity index (χ1v) is 5.13. The molecule has 0 spiro atoms. The summed E-state index contributed by atoms with van der Waals surface area (Å²) >= 11 is 0. The minimum Gasteiger partial charge on any atom is -0.446 e. The number of amides is 1. The molecule has 2 rings (SSSR count). The molecule has 5 nitrogen and oxygen atoms in total. The van der Waals surface area contributed by atoms with Gasteiger partial charge in [-0.1, -0.05) is 7.43 Å². The van der Waals surface area contributed by atoms with Gasteiger partial charge in [0.25, 0.3) is 0 Å². The van der Waals surface area contributed by atoms with Gasteiger partial charge in [-0.25, -0.2) is 4.79 Å². The second-order valence-electron chi connectivity index (χ2n) is 4.04. The molecule has 1 aromatic heterocycles. The van der Waals surface area contributed by atoms with Crippen LogP contribution in [-0.4, -0.2) is 22.4 Å².